The van der Waals surface area contributed by atoms with Gasteiger partial charge in [-0.05, 0) is 35.8 Å². The Kier molecular flexibility index (Phi) is 7.15. The Balaban J connectivity index is 2.06. The molecule has 1 atom stereocenters. The van der Waals surface area contributed by atoms with Gasteiger partial charge in [-0.3, -0.25) is 4.79 Å². The van der Waals surface area contributed by atoms with Crippen LogP contribution in [-0.2, 0) is 0 Å². The lowest BCUT2D eigenvalue weighted by Crippen LogP contribution is -2.56. The number of thiocarbonyl (C=S) groups is 1. The molecule has 0 radical (unpaired) electrons. The number of carbonyl (C=O) groups excluding carboxylic acids is 1. The number of hydrogen-bond acceptors (Lipinski definition) is 4. The van der Waals surface area contributed by atoms with E-state index in [4.69, 9.17) is 51.8 Å². The minimum absolute atomic E-state index is 0.160. The highest BCUT2D eigenvalue weighted by Gasteiger charge is 2.35. The first-order valence-electron chi connectivity index (χ1n) is 6.93. The maximum atomic E-state index is 12.2. The lowest BCUT2D eigenvalue weighted by molar-refractivity contribution is 0.0938. The summed E-state index contributed by atoms with van der Waals surface area (Å²) in [5.41, 5.74) is 0.634. The monoisotopic (exact) mass is 437 g/mol. The lowest BCUT2D eigenvalue weighted by atomic mass is 10.3. The Bertz CT molecular complexity index is 736. The van der Waals surface area contributed by atoms with Crippen molar-refractivity contribution in [2.24, 2.45) is 0 Å². The number of ether oxygens (including phenoxy) is 1. The van der Waals surface area contributed by atoms with Gasteiger partial charge in [0.2, 0.25) is 3.79 Å². The molecular formula is C15H14Cl3N3O2S2. The Morgan fingerprint density at radius 1 is 1.20 bits per heavy atom. The standard InChI is InChI=1S/C15H14Cl3N3O2S2/c1-23-10-6-3-2-5-9(10)19-14(24)21-13(15(16,17)18)20-12(22)11-7-4-8-25-11/h2-8,13H,1H3,(H,20,22)(H2,19,21,24). The van der Waals surface area contributed by atoms with Gasteiger partial charge in [0.05, 0.1) is 17.7 Å². The number of para-hydroxylation sites is 2. The predicted molar refractivity (Wildman–Crippen MR) is 108 cm³/mol. The largest absolute Gasteiger partial charge is 0.495 e. The SMILES string of the molecule is COc1ccccc1NC(=S)NC(NC(=O)c1cccs1)C(Cl)(Cl)Cl. The van der Waals surface area contributed by atoms with Crippen molar-refractivity contribution >= 4 is 75.1 Å². The highest BCUT2D eigenvalue weighted by Crippen LogP contribution is 2.30. The molecule has 134 valence electrons. The van der Waals surface area contributed by atoms with Crippen LogP contribution in [0, 0.1) is 0 Å². The van der Waals surface area contributed by atoms with Crippen LogP contribution in [0.2, 0.25) is 0 Å². The normalized spacial score (nSPS) is 12.2. The van der Waals surface area contributed by atoms with Crippen LogP contribution >= 0.6 is 58.4 Å². The molecule has 0 bridgehead atoms. The predicted octanol–water partition coefficient (Wildman–Crippen LogP) is 4.17. The Hall–Kier alpha value is -1.25. The van der Waals surface area contributed by atoms with Crippen LogP contribution in [0.5, 0.6) is 5.75 Å². The molecule has 0 spiro atoms. The third-order valence-electron chi connectivity index (χ3n) is 2.98. The van der Waals surface area contributed by atoms with Gasteiger partial charge in [-0.15, -0.1) is 11.3 Å². The summed E-state index contributed by atoms with van der Waals surface area (Å²) >= 11 is 24.4. The number of amides is 1. The molecule has 2 rings (SSSR count). The average Bonchev–Trinajstić information content (AvgIpc) is 3.08. The summed E-state index contributed by atoms with van der Waals surface area (Å²) in [7, 11) is 1.54. The number of methoxy groups -OCH3 is 1. The number of benzene rings is 1. The van der Waals surface area contributed by atoms with Crippen molar-refractivity contribution in [3.63, 3.8) is 0 Å². The number of halogens is 3. The second kappa shape index (κ2) is 8.91. The van der Waals surface area contributed by atoms with Crippen LogP contribution in [0.15, 0.2) is 41.8 Å². The molecule has 1 unspecified atom stereocenters. The Morgan fingerprint density at radius 2 is 1.92 bits per heavy atom. The van der Waals surface area contributed by atoms with Crippen molar-refractivity contribution in [2.75, 3.05) is 12.4 Å². The van der Waals surface area contributed by atoms with Gasteiger partial charge in [-0.1, -0.05) is 53.0 Å². The molecule has 1 heterocycles. The van der Waals surface area contributed by atoms with E-state index in [9.17, 15) is 4.79 Å². The molecule has 0 saturated heterocycles. The minimum atomic E-state index is -1.82. The van der Waals surface area contributed by atoms with Crippen molar-refractivity contribution in [1.29, 1.82) is 0 Å². The molecule has 0 saturated carbocycles. The Labute approximate surface area is 169 Å². The lowest BCUT2D eigenvalue weighted by Gasteiger charge is -2.27. The third kappa shape index (κ3) is 5.90. The van der Waals surface area contributed by atoms with Crippen molar-refractivity contribution in [1.82, 2.24) is 10.6 Å². The van der Waals surface area contributed by atoms with Gasteiger partial charge in [0.1, 0.15) is 11.9 Å². The average molecular weight is 439 g/mol. The number of rotatable bonds is 5. The number of alkyl halides is 3. The fourth-order valence-corrected chi connectivity index (χ4v) is 3.03. The molecule has 0 aliphatic heterocycles. The molecule has 2 aromatic rings. The molecule has 3 N–H and O–H groups in total. The van der Waals surface area contributed by atoms with E-state index in [2.05, 4.69) is 16.0 Å². The van der Waals surface area contributed by atoms with Gasteiger partial charge in [0.15, 0.2) is 5.11 Å². The van der Waals surface area contributed by atoms with Crippen LogP contribution in [0.1, 0.15) is 9.67 Å². The smallest absolute Gasteiger partial charge is 0.263 e. The van der Waals surface area contributed by atoms with E-state index in [0.717, 1.165) is 0 Å². The topological polar surface area (TPSA) is 62.4 Å². The molecule has 1 aromatic carbocycles. The summed E-state index contributed by atoms with van der Waals surface area (Å²) in [5.74, 6) is 0.221. The fraction of sp³-hybridized carbons (Fsp3) is 0.200. The summed E-state index contributed by atoms with van der Waals surface area (Å²) < 4.78 is 3.42. The zero-order chi connectivity index (χ0) is 18.4. The van der Waals surface area contributed by atoms with E-state index in [1.165, 1.54) is 11.3 Å². The number of hydrogen-bond donors (Lipinski definition) is 3. The van der Waals surface area contributed by atoms with Crippen LogP contribution < -0.4 is 20.7 Å². The molecule has 10 heteroatoms. The van der Waals surface area contributed by atoms with E-state index in [1.54, 1.807) is 36.8 Å². The van der Waals surface area contributed by atoms with Gasteiger partial charge in [-0.2, -0.15) is 0 Å². The summed E-state index contributed by atoms with van der Waals surface area (Å²) in [6.45, 7) is 0. The summed E-state index contributed by atoms with van der Waals surface area (Å²) in [4.78, 5) is 12.7. The molecule has 0 fully saturated rings. The zero-order valence-electron chi connectivity index (χ0n) is 12.9. The van der Waals surface area contributed by atoms with E-state index < -0.39 is 9.96 Å². The van der Waals surface area contributed by atoms with Gasteiger partial charge in [0.25, 0.3) is 5.91 Å². The number of carbonyl (C=O) groups is 1. The quantitative estimate of drug-likeness (QED) is 0.371. The highest BCUT2D eigenvalue weighted by molar-refractivity contribution is 7.80. The maximum Gasteiger partial charge on any atom is 0.263 e. The molecule has 5 nitrogen and oxygen atoms in total. The second-order valence-corrected chi connectivity index (χ2v) is 8.45. The van der Waals surface area contributed by atoms with Crippen molar-refractivity contribution < 1.29 is 9.53 Å². The summed E-state index contributed by atoms with van der Waals surface area (Å²) in [5, 5.41) is 10.3. The molecule has 1 amide bonds. The molecule has 25 heavy (non-hydrogen) atoms. The molecule has 0 aliphatic carbocycles. The van der Waals surface area contributed by atoms with E-state index in [0.29, 0.717) is 16.3 Å². The summed E-state index contributed by atoms with van der Waals surface area (Å²) in [6.07, 6.45) is -1.04. The molecule has 1 aromatic heterocycles. The first-order valence-corrected chi connectivity index (χ1v) is 9.35. The van der Waals surface area contributed by atoms with Gasteiger partial charge < -0.3 is 20.7 Å². The van der Waals surface area contributed by atoms with Crippen LogP contribution in [0.3, 0.4) is 0 Å². The minimum Gasteiger partial charge on any atom is -0.495 e. The first kappa shape index (κ1) is 20.1. The zero-order valence-corrected chi connectivity index (χ0v) is 16.8. The number of thiophene rings is 1. The van der Waals surface area contributed by atoms with E-state index in [-0.39, 0.29) is 11.0 Å². The maximum absolute atomic E-state index is 12.2. The number of anilines is 1. The first-order chi connectivity index (χ1) is 11.8. The van der Waals surface area contributed by atoms with Gasteiger partial charge >= 0.3 is 0 Å². The van der Waals surface area contributed by atoms with E-state index in [1.807, 2.05) is 12.1 Å². The van der Waals surface area contributed by atoms with Crippen LogP contribution in [-0.4, -0.2) is 28.1 Å². The second-order valence-electron chi connectivity index (χ2n) is 4.72. The Morgan fingerprint density at radius 3 is 2.52 bits per heavy atom. The van der Waals surface area contributed by atoms with Crippen molar-refractivity contribution in [3.05, 3.63) is 46.7 Å². The number of nitrogens with one attached hydrogen (secondary N) is 3. The van der Waals surface area contributed by atoms with Gasteiger partial charge in [-0.25, -0.2) is 0 Å². The molecule has 0 aliphatic rings. The van der Waals surface area contributed by atoms with E-state index >= 15 is 0 Å². The summed E-state index contributed by atoms with van der Waals surface area (Å²) in [6, 6.07) is 10.6. The van der Waals surface area contributed by atoms with Crippen LogP contribution in [0.4, 0.5) is 5.69 Å². The van der Waals surface area contributed by atoms with Crippen LogP contribution in [0.25, 0.3) is 0 Å². The van der Waals surface area contributed by atoms with Gasteiger partial charge in [0, 0.05) is 0 Å². The highest BCUT2D eigenvalue weighted by atomic mass is 35.6. The van der Waals surface area contributed by atoms with Crippen molar-refractivity contribution in [3.8, 4) is 5.75 Å². The van der Waals surface area contributed by atoms with Crippen molar-refractivity contribution in [2.45, 2.75) is 9.96 Å². The third-order valence-corrected chi connectivity index (χ3v) is 4.72. The fourth-order valence-electron chi connectivity index (χ4n) is 1.85. The molecular weight excluding hydrogens is 425 g/mol.